The van der Waals surface area contributed by atoms with Gasteiger partial charge < -0.3 is 16.0 Å². The van der Waals surface area contributed by atoms with E-state index in [9.17, 15) is 14.4 Å². The number of hydrogen-bond donors (Lipinski definition) is 2. The van der Waals surface area contributed by atoms with E-state index in [0.29, 0.717) is 19.6 Å². The zero-order valence-electron chi connectivity index (χ0n) is 13.0. The van der Waals surface area contributed by atoms with Crippen LogP contribution in [0.3, 0.4) is 0 Å². The van der Waals surface area contributed by atoms with E-state index in [1.165, 1.54) is 0 Å². The van der Waals surface area contributed by atoms with Gasteiger partial charge in [0.2, 0.25) is 17.7 Å². The molecule has 0 radical (unpaired) electrons. The van der Waals surface area contributed by atoms with Gasteiger partial charge in [-0.3, -0.25) is 19.3 Å². The molecule has 7 heteroatoms. The van der Waals surface area contributed by atoms with Gasteiger partial charge in [0, 0.05) is 32.6 Å². The summed E-state index contributed by atoms with van der Waals surface area (Å²) in [6.45, 7) is 2.29. The maximum Gasteiger partial charge on any atom is 0.237 e. The lowest BCUT2D eigenvalue weighted by molar-refractivity contribution is -0.134. The van der Waals surface area contributed by atoms with Crippen molar-refractivity contribution in [1.82, 2.24) is 15.1 Å². The molecule has 2 rings (SSSR count). The van der Waals surface area contributed by atoms with E-state index < -0.39 is 5.91 Å². The van der Waals surface area contributed by atoms with Gasteiger partial charge in [-0.15, -0.1) is 0 Å². The number of nitrogens with two attached hydrogens (primary N) is 1. The molecule has 3 N–H and O–H groups in total. The van der Waals surface area contributed by atoms with Crippen molar-refractivity contribution in [3.63, 3.8) is 0 Å². The molecule has 7 nitrogen and oxygen atoms in total. The predicted molar refractivity (Wildman–Crippen MR) is 85.1 cm³/mol. The number of piperazine rings is 1. The van der Waals surface area contributed by atoms with Crippen LogP contribution in [0.4, 0.5) is 0 Å². The van der Waals surface area contributed by atoms with Crippen molar-refractivity contribution in [1.29, 1.82) is 0 Å². The number of hydrogen-bond acceptors (Lipinski definition) is 4. The van der Waals surface area contributed by atoms with Crippen LogP contribution in [0.25, 0.3) is 0 Å². The predicted octanol–water partition coefficient (Wildman–Crippen LogP) is -0.678. The largest absolute Gasteiger partial charge is 0.370 e. The van der Waals surface area contributed by atoms with Gasteiger partial charge in [-0.25, -0.2) is 0 Å². The van der Waals surface area contributed by atoms with Crippen molar-refractivity contribution in [2.75, 3.05) is 32.7 Å². The summed E-state index contributed by atoms with van der Waals surface area (Å²) in [6.07, 6.45) is 0.124. The van der Waals surface area contributed by atoms with E-state index in [1.807, 2.05) is 35.2 Å². The molecule has 1 saturated heterocycles. The second-order valence-electron chi connectivity index (χ2n) is 5.58. The lowest BCUT2D eigenvalue weighted by Gasteiger charge is -2.29. The van der Waals surface area contributed by atoms with Crippen molar-refractivity contribution < 1.29 is 14.4 Å². The lowest BCUT2D eigenvalue weighted by atomic mass is 10.2. The lowest BCUT2D eigenvalue weighted by Crippen LogP contribution is -2.51. The Morgan fingerprint density at radius 3 is 2.65 bits per heavy atom. The highest BCUT2D eigenvalue weighted by molar-refractivity contribution is 5.82. The summed E-state index contributed by atoms with van der Waals surface area (Å²) in [4.78, 5) is 38.4. The Hall–Kier alpha value is -2.41. The Kier molecular flexibility index (Phi) is 6.10. The number of rotatable bonds is 7. The van der Waals surface area contributed by atoms with Crippen molar-refractivity contribution in [3.8, 4) is 0 Å². The van der Waals surface area contributed by atoms with Crippen LogP contribution in [-0.2, 0) is 20.9 Å². The minimum atomic E-state index is -0.437. The van der Waals surface area contributed by atoms with E-state index in [2.05, 4.69) is 5.32 Å². The Morgan fingerprint density at radius 2 is 2.00 bits per heavy atom. The smallest absolute Gasteiger partial charge is 0.237 e. The van der Waals surface area contributed by atoms with E-state index in [1.54, 1.807) is 4.90 Å². The third-order valence-electron chi connectivity index (χ3n) is 3.67. The van der Waals surface area contributed by atoms with Gasteiger partial charge in [-0.2, -0.15) is 0 Å². The van der Waals surface area contributed by atoms with Crippen LogP contribution in [-0.4, -0.2) is 60.2 Å². The van der Waals surface area contributed by atoms with Gasteiger partial charge in [0.05, 0.1) is 13.1 Å². The minimum absolute atomic E-state index is 0.0733. The fourth-order valence-electron chi connectivity index (χ4n) is 2.46. The number of benzene rings is 1. The monoisotopic (exact) mass is 318 g/mol. The molecule has 1 heterocycles. The van der Waals surface area contributed by atoms with E-state index in [4.69, 9.17) is 5.73 Å². The molecule has 0 bridgehead atoms. The number of nitrogens with zero attached hydrogens (tertiary/aromatic N) is 2. The molecule has 1 aromatic rings. The highest BCUT2D eigenvalue weighted by atomic mass is 16.2. The molecule has 23 heavy (non-hydrogen) atoms. The van der Waals surface area contributed by atoms with Gasteiger partial charge in [0.15, 0.2) is 0 Å². The van der Waals surface area contributed by atoms with Crippen molar-refractivity contribution in [2.24, 2.45) is 5.73 Å². The number of carbonyl (C=O) groups is 3. The number of nitrogens with one attached hydrogen (secondary N) is 1. The SMILES string of the molecule is NC(=O)CCN(Cc1ccccc1)C(=O)CN1CCNC(=O)C1. The molecule has 0 aromatic heterocycles. The fraction of sp³-hybridized carbons (Fsp3) is 0.438. The molecule has 0 unspecified atom stereocenters. The summed E-state index contributed by atoms with van der Waals surface area (Å²) in [5.41, 5.74) is 6.18. The quantitative estimate of drug-likeness (QED) is 0.696. The van der Waals surface area contributed by atoms with E-state index >= 15 is 0 Å². The average Bonchev–Trinajstić information content (AvgIpc) is 2.52. The first-order valence-corrected chi connectivity index (χ1v) is 7.63. The minimum Gasteiger partial charge on any atom is -0.370 e. The highest BCUT2D eigenvalue weighted by Gasteiger charge is 2.22. The molecular weight excluding hydrogens is 296 g/mol. The summed E-state index contributed by atoms with van der Waals surface area (Å²) < 4.78 is 0. The van der Waals surface area contributed by atoms with Crippen molar-refractivity contribution in [2.45, 2.75) is 13.0 Å². The van der Waals surface area contributed by atoms with Crippen LogP contribution < -0.4 is 11.1 Å². The maximum atomic E-state index is 12.5. The molecule has 3 amide bonds. The molecular formula is C16H22N4O3. The zero-order valence-corrected chi connectivity index (χ0v) is 13.0. The van der Waals surface area contributed by atoms with Crippen LogP contribution in [0.1, 0.15) is 12.0 Å². The second kappa shape index (κ2) is 8.28. The van der Waals surface area contributed by atoms with E-state index in [0.717, 1.165) is 5.56 Å². The van der Waals surface area contributed by atoms with Crippen LogP contribution in [0.2, 0.25) is 0 Å². The summed E-state index contributed by atoms with van der Waals surface area (Å²) in [6, 6.07) is 9.57. The van der Waals surface area contributed by atoms with Gasteiger partial charge in [0.25, 0.3) is 0 Å². The van der Waals surface area contributed by atoms with Gasteiger partial charge in [-0.05, 0) is 5.56 Å². The van der Waals surface area contributed by atoms with Crippen LogP contribution in [0.5, 0.6) is 0 Å². The number of primary amides is 1. The Labute approximate surface area is 135 Å². The molecule has 0 saturated carbocycles. The van der Waals surface area contributed by atoms with Gasteiger partial charge in [0.1, 0.15) is 0 Å². The van der Waals surface area contributed by atoms with Crippen molar-refractivity contribution >= 4 is 17.7 Å². The standard InChI is InChI=1S/C16H22N4O3/c17-14(21)6-8-20(10-13-4-2-1-3-5-13)16(23)12-19-9-7-18-15(22)11-19/h1-5H,6-12H2,(H2,17,21)(H,18,22). The normalized spacial score (nSPS) is 15.0. The molecule has 1 fully saturated rings. The number of carbonyl (C=O) groups excluding carboxylic acids is 3. The van der Waals surface area contributed by atoms with Crippen LogP contribution in [0.15, 0.2) is 30.3 Å². The molecule has 1 aromatic carbocycles. The molecule has 0 spiro atoms. The third-order valence-corrected chi connectivity index (χ3v) is 3.67. The van der Waals surface area contributed by atoms with E-state index in [-0.39, 0.29) is 37.9 Å². The third kappa shape index (κ3) is 5.71. The Morgan fingerprint density at radius 1 is 1.26 bits per heavy atom. The molecule has 1 aliphatic rings. The topological polar surface area (TPSA) is 95.7 Å². The summed E-state index contributed by atoms with van der Waals surface area (Å²) >= 11 is 0. The van der Waals surface area contributed by atoms with Crippen LogP contribution >= 0.6 is 0 Å². The number of amides is 3. The molecule has 0 aliphatic carbocycles. The maximum absolute atomic E-state index is 12.5. The first-order valence-electron chi connectivity index (χ1n) is 7.63. The molecule has 0 atom stereocenters. The average molecular weight is 318 g/mol. The fourth-order valence-corrected chi connectivity index (χ4v) is 2.46. The first kappa shape index (κ1) is 17.0. The first-order chi connectivity index (χ1) is 11.0. The van der Waals surface area contributed by atoms with Gasteiger partial charge in [-0.1, -0.05) is 30.3 Å². The van der Waals surface area contributed by atoms with Crippen molar-refractivity contribution in [3.05, 3.63) is 35.9 Å². The zero-order chi connectivity index (χ0) is 16.7. The summed E-state index contributed by atoms with van der Waals surface area (Å²) in [7, 11) is 0. The summed E-state index contributed by atoms with van der Waals surface area (Å²) in [5, 5.41) is 2.73. The van der Waals surface area contributed by atoms with Gasteiger partial charge >= 0.3 is 0 Å². The molecule has 124 valence electrons. The Bertz CT molecular complexity index is 562. The Balaban J connectivity index is 1.98. The summed E-state index contributed by atoms with van der Waals surface area (Å²) in [5.74, 6) is -0.617. The molecule has 1 aliphatic heterocycles. The highest BCUT2D eigenvalue weighted by Crippen LogP contribution is 2.07. The second-order valence-corrected chi connectivity index (χ2v) is 5.58. The van der Waals surface area contributed by atoms with Crippen LogP contribution in [0, 0.1) is 0 Å².